The first-order chi connectivity index (χ1) is 9.58. The van der Waals surface area contributed by atoms with Crippen LogP contribution in [0.3, 0.4) is 0 Å². The average molecular weight is 313 g/mol. The van der Waals surface area contributed by atoms with Gasteiger partial charge < -0.3 is 10.2 Å². The molecule has 1 saturated heterocycles. The first-order valence-electron chi connectivity index (χ1n) is 6.58. The number of halogens is 2. The number of carbonyl (C=O) groups excluding carboxylic acids is 2. The van der Waals surface area contributed by atoms with Crippen molar-refractivity contribution in [1.82, 2.24) is 10.2 Å². The molecule has 3 rings (SSSR count). The van der Waals surface area contributed by atoms with E-state index in [1.807, 2.05) is 0 Å². The lowest BCUT2D eigenvalue weighted by Gasteiger charge is -2.35. The molecule has 0 spiro atoms. The van der Waals surface area contributed by atoms with Gasteiger partial charge in [0.25, 0.3) is 0 Å². The lowest BCUT2D eigenvalue weighted by atomic mass is 10.1. The average Bonchev–Trinajstić information content (AvgIpc) is 3.22. The van der Waals surface area contributed by atoms with E-state index in [1.54, 1.807) is 23.1 Å². The maximum absolute atomic E-state index is 12.1. The van der Waals surface area contributed by atoms with Crippen LogP contribution < -0.4 is 5.32 Å². The molecule has 2 aliphatic rings. The quantitative estimate of drug-likeness (QED) is 0.930. The maximum Gasteiger partial charge on any atom is 0.243 e. The van der Waals surface area contributed by atoms with Crippen molar-refractivity contribution in [3.8, 4) is 0 Å². The Balaban J connectivity index is 1.90. The number of piperazine rings is 1. The predicted octanol–water partition coefficient (Wildman–Crippen LogP) is 2.23. The third kappa shape index (κ3) is 2.50. The van der Waals surface area contributed by atoms with Crippen LogP contribution in [0.1, 0.15) is 18.4 Å². The van der Waals surface area contributed by atoms with Crippen LogP contribution in [-0.4, -0.2) is 29.3 Å². The molecular weight excluding hydrogens is 299 g/mol. The molecule has 1 aromatic rings. The predicted molar refractivity (Wildman–Crippen MR) is 76.5 cm³/mol. The van der Waals surface area contributed by atoms with Crippen molar-refractivity contribution in [2.24, 2.45) is 5.92 Å². The highest BCUT2D eigenvalue weighted by Gasteiger charge is 2.44. The van der Waals surface area contributed by atoms with E-state index in [2.05, 4.69) is 5.32 Å². The Kier molecular flexibility index (Phi) is 3.61. The number of carbonyl (C=O) groups is 2. The van der Waals surface area contributed by atoms with Gasteiger partial charge in [-0.05, 0) is 30.9 Å². The third-order valence-electron chi connectivity index (χ3n) is 3.80. The molecule has 0 aromatic heterocycles. The van der Waals surface area contributed by atoms with Crippen LogP contribution >= 0.6 is 23.2 Å². The fraction of sp³-hybridized carbons (Fsp3) is 0.429. The zero-order chi connectivity index (χ0) is 14.3. The second kappa shape index (κ2) is 5.26. The summed E-state index contributed by atoms with van der Waals surface area (Å²) in [6, 6.07) is 4.85. The fourth-order valence-electron chi connectivity index (χ4n) is 2.59. The second-order valence-electron chi connectivity index (χ2n) is 5.22. The Labute approximate surface area is 127 Å². The van der Waals surface area contributed by atoms with E-state index in [0.717, 1.165) is 12.8 Å². The summed E-state index contributed by atoms with van der Waals surface area (Å²) in [4.78, 5) is 25.8. The topological polar surface area (TPSA) is 49.4 Å². The number of hydrogen-bond acceptors (Lipinski definition) is 2. The molecule has 1 N–H and O–H groups in total. The normalized spacial score (nSPS) is 22.9. The van der Waals surface area contributed by atoms with Gasteiger partial charge >= 0.3 is 0 Å². The summed E-state index contributed by atoms with van der Waals surface area (Å²) in [5, 5.41) is 3.69. The SMILES string of the molecule is O=C1NCC(=O)N(Cc2c(Cl)cccc2Cl)C1C1CC1. The third-order valence-corrected chi connectivity index (χ3v) is 4.51. The molecule has 1 unspecified atom stereocenters. The molecule has 0 radical (unpaired) electrons. The molecule has 2 fully saturated rings. The van der Waals surface area contributed by atoms with Crippen molar-refractivity contribution in [3.63, 3.8) is 0 Å². The minimum Gasteiger partial charge on any atom is -0.345 e. The van der Waals surface area contributed by atoms with Crippen LogP contribution in [0, 0.1) is 5.92 Å². The van der Waals surface area contributed by atoms with Gasteiger partial charge in [0, 0.05) is 22.2 Å². The number of amides is 2. The van der Waals surface area contributed by atoms with Crippen LogP contribution in [0.5, 0.6) is 0 Å². The summed E-state index contributed by atoms with van der Waals surface area (Å²) in [5.41, 5.74) is 0.699. The molecule has 106 valence electrons. The Morgan fingerprint density at radius 3 is 2.45 bits per heavy atom. The summed E-state index contributed by atoms with van der Waals surface area (Å²) < 4.78 is 0. The molecule has 1 atom stereocenters. The molecule has 20 heavy (non-hydrogen) atoms. The van der Waals surface area contributed by atoms with Crippen molar-refractivity contribution in [2.75, 3.05) is 6.54 Å². The number of benzene rings is 1. The molecule has 1 aliphatic carbocycles. The molecule has 1 heterocycles. The molecule has 1 saturated carbocycles. The summed E-state index contributed by atoms with van der Waals surface area (Å²) in [7, 11) is 0. The van der Waals surface area contributed by atoms with Crippen molar-refractivity contribution in [3.05, 3.63) is 33.8 Å². The maximum atomic E-state index is 12.1. The highest BCUT2D eigenvalue weighted by Crippen LogP contribution is 2.38. The number of rotatable bonds is 3. The molecule has 6 heteroatoms. The van der Waals surface area contributed by atoms with Crippen LogP contribution in [0.2, 0.25) is 10.0 Å². The second-order valence-corrected chi connectivity index (χ2v) is 6.04. The standard InChI is InChI=1S/C14H14Cl2N2O2/c15-10-2-1-3-11(16)9(10)7-18-12(19)6-17-14(20)13(18)8-4-5-8/h1-3,8,13H,4-7H2,(H,17,20). The summed E-state index contributed by atoms with van der Waals surface area (Å²) in [6.07, 6.45) is 1.97. The van der Waals surface area contributed by atoms with E-state index in [1.165, 1.54) is 0 Å². The zero-order valence-corrected chi connectivity index (χ0v) is 12.2. The minimum absolute atomic E-state index is 0.0458. The van der Waals surface area contributed by atoms with Crippen molar-refractivity contribution < 1.29 is 9.59 Å². The van der Waals surface area contributed by atoms with Gasteiger partial charge in [0.1, 0.15) is 6.04 Å². The number of nitrogens with zero attached hydrogens (tertiary/aromatic N) is 1. The Morgan fingerprint density at radius 1 is 1.20 bits per heavy atom. The highest BCUT2D eigenvalue weighted by molar-refractivity contribution is 6.36. The Bertz CT molecular complexity index is 552. The van der Waals surface area contributed by atoms with Gasteiger partial charge in [-0.15, -0.1) is 0 Å². The van der Waals surface area contributed by atoms with Crippen molar-refractivity contribution in [1.29, 1.82) is 0 Å². The van der Waals surface area contributed by atoms with Crippen LogP contribution in [0.25, 0.3) is 0 Å². The van der Waals surface area contributed by atoms with Gasteiger partial charge in [0.2, 0.25) is 11.8 Å². The van der Waals surface area contributed by atoms with Crippen LogP contribution in [0.15, 0.2) is 18.2 Å². The van der Waals surface area contributed by atoms with Gasteiger partial charge in [-0.2, -0.15) is 0 Å². The fourth-order valence-corrected chi connectivity index (χ4v) is 3.10. The zero-order valence-electron chi connectivity index (χ0n) is 10.7. The van der Waals surface area contributed by atoms with Gasteiger partial charge in [-0.3, -0.25) is 9.59 Å². The van der Waals surface area contributed by atoms with Gasteiger partial charge in [-0.25, -0.2) is 0 Å². The van der Waals surface area contributed by atoms with Crippen LogP contribution in [-0.2, 0) is 16.1 Å². The molecular formula is C14H14Cl2N2O2. The van der Waals surface area contributed by atoms with Crippen LogP contribution in [0.4, 0.5) is 0 Å². The first kappa shape index (κ1) is 13.7. The summed E-state index contributed by atoms with van der Waals surface area (Å²) >= 11 is 12.3. The molecule has 1 aliphatic heterocycles. The smallest absolute Gasteiger partial charge is 0.243 e. The lowest BCUT2D eigenvalue weighted by Crippen LogP contribution is -2.58. The van der Waals surface area contributed by atoms with E-state index in [0.29, 0.717) is 15.6 Å². The Morgan fingerprint density at radius 2 is 1.85 bits per heavy atom. The number of nitrogens with one attached hydrogen (secondary N) is 1. The monoisotopic (exact) mass is 312 g/mol. The van der Waals surface area contributed by atoms with E-state index >= 15 is 0 Å². The molecule has 2 amide bonds. The van der Waals surface area contributed by atoms with E-state index in [4.69, 9.17) is 23.2 Å². The van der Waals surface area contributed by atoms with E-state index < -0.39 is 0 Å². The van der Waals surface area contributed by atoms with Crippen molar-refractivity contribution >= 4 is 35.0 Å². The highest BCUT2D eigenvalue weighted by atomic mass is 35.5. The van der Waals surface area contributed by atoms with Gasteiger partial charge in [0.15, 0.2) is 0 Å². The molecule has 1 aromatic carbocycles. The van der Waals surface area contributed by atoms with E-state index in [-0.39, 0.29) is 36.9 Å². The Hall–Kier alpha value is -1.26. The summed E-state index contributed by atoms with van der Waals surface area (Å²) in [5.74, 6) is 0.105. The summed E-state index contributed by atoms with van der Waals surface area (Å²) in [6.45, 7) is 0.329. The largest absolute Gasteiger partial charge is 0.345 e. The first-order valence-corrected chi connectivity index (χ1v) is 7.33. The number of hydrogen-bond donors (Lipinski definition) is 1. The van der Waals surface area contributed by atoms with Gasteiger partial charge in [0.05, 0.1) is 6.54 Å². The van der Waals surface area contributed by atoms with E-state index in [9.17, 15) is 9.59 Å². The molecule has 4 nitrogen and oxygen atoms in total. The lowest BCUT2D eigenvalue weighted by molar-refractivity contribution is -0.147. The molecule has 0 bridgehead atoms. The van der Waals surface area contributed by atoms with Crippen molar-refractivity contribution in [2.45, 2.75) is 25.4 Å². The minimum atomic E-state index is -0.386. The van der Waals surface area contributed by atoms with Gasteiger partial charge in [-0.1, -0.05) is 29.3 Å².